The molecule has 2 unspecified atom stereocenters. The number of nitrogens with one attached hydrogen (secondary N) is 1. The summed E-state index contributed by atoms with van der Waals surface area (Å²) in [6, 6.07) is 4.57. The number of hydrogen-bond donors (Lipinski definition) is 1. The van der Waals surface area contributed by atoms with E-state index in [4.69, 9.17) is 0 Å². The van der Waals surface area contributed by atoms with Crippen molar-refractivity contribution in [2.45, 2.75) is 32.4 Å². The second-order valence-corrected chi connectivity index (χ2v) is 5.15. The molecule has 2 atom stereocenters. The van der Waals surface area contributed by atoms with E-state index in [1.54, 1.807) is 12.1 Å². The van der Waals surface area contributed by atoms with Crippen molar-refractivity contribution < 1.29 is 13.2 Å². The summed E-state index contributed by atoms with van der Waals surface area (Å²) in [4.78, 5) is 0. The van der Waals surface area contributed by atoms with Crippen LogP contribution in [0.2, 0.25) is 0 Å². The lowest BCUT2D eigenvalue weighted by molar-refractivity contribution is -0.138. The molecule has 4 heteroatoms. The van der Waals surface area contributed by atoms with Gasteiger partial charge in [-0.25, -0.2) is 0 Å². The highest BCUT2D eigenvalue weighted by Crippen LogP contribution is 2.35. The van der Waals surface area contributed by atoms with E-state index in [9.17, 15) is 13.2 Å². The number of rotatable bonds is 1. The molecule has 0 aliphatic carbocycles. The average Bonchev–Trinajstić information content (AvgIpc) is 2.27. The second kappa shape index (κ2) is 4.92. The Morgan fingerprint density at radius 1 is 1.28 bits per heavy atom. The molecule has 0 radical (unpaired) electrons. The first-order valence-corrected chi connectivity index (χ1v) is 6.28. The van der Waals surface area contributed by atoms with Gasteiger partial charge in [-0.2, -0.15) is 13.2 Å². The Bertz CT molecular complexity index is 426. The quantitative estimate of drug-likeness (QED) is 0.808. The number of hydrogen-bond acceptors (Lipinski definition) is 1. The smallest absolute Gasteiger partial charge is 0.316 e. The topological polar surface area (TPSA) is 12.0 Å². The zero-order valence-electron chi connectivity index (χ0n) is 10.6. The molecule has 1 N–H and O–H groups in total. The lowest BCUT2D eigenvalue weighted by atomic mass is 9.81. The Hall–Kier alpha value is -1.03. The second-order valence-electron chi connectivity index (χ2n) is 5.15. The van der Waals surface area contributed by atoms with Crippen molar-refractivity contribution in [3.8, 4) is 0 Å². The Morgan fingerprint density at radius 3 is 2.56 bits per heavy atom. The van der Waals surface area contributed by atoms with E-state index in [1.807, 2.05) is 0 Å². The fraction of sp³-hybridized carbons (Fsp3) is 0.571. The van der Waals surface area contributed by atoms with Crippen LogP contribution < -0.4 is 5.32 Å². The van der Waals surface area contributed by atoms with Crippen LogP contribution in [0.4, 0.5) is 13.2 Å². The van der Waals surface area contributed by atoms with Gasteiger partial charge < -0.3 is 5.32 Å². The van der Waals surface area contributed by atoms with Crippen LogP contribution in [0, 0.1) is 12.8 Å². The molecule has 1 aromatic rings. The molecule has 100 valence electrons. The summed E-state index contributed by atoms with van der Waals surface area (Å²) in [5.74, 6) is 0.835. The third-order valence-corrected chi connectivity index (χ3v) is 3.77. The molecule has 1 heterocycles. The standard InChI is InChI=1S/C14H18F3N/c1-9-7-11(3-4-13(9)14(15,16)17)12-5-6-18-8-10(12)2/h3-4,7,10,12,18H,5-6,8H2,1-2H3. The van der Waals surface area contributed by atoms with Gasteiger partial charge in [-0.1, -0.05) is 19.1 Å². The van der Waals surface area contributed by atoms with Crippen molar-refractivity contribution in [3.63, 3.8) is 0 Å². The van der Waals surface area contributed by atoms with Gasteiger partial charge in [0.15, 0.2) is 0 Å². The minimum Gasteiger partial charge on any atom is -0.316 e. The fourth-order valence-corrected chi connectivity index (χ4v) is 2.74. The van der Waals surface area contributed by atoms with Gasteiger partial charge >= 0.3 is 6.18 Å². The lowest BCUT2D eigenvalue weighted by Crippen LogP contribution is -2.33. The maximum absolute atomic E-state index is 12.7. The molecule has 0 spiro atoms. The van der Waals surface area contributed by atoms with Crippen LogP contribution in [0.5, 0.6) is 0 Å². The number of alkyl halides is 3. The molecular weight excluding hydrogens is 239 g/mol. The maximum atomic E-state index is 12.7. The van der Waals surface area contributed by atoms with Crippen LogP contribution in [0.3, 0.4) is 0 Å². The average molecular weight is 257 g/mol. The summed E-state index contributed by atoms with van der Waals surface area (Å²) in [6.45, 7) is 5.56. The zero-order valence-corrected chi connectivity index (χ0v) is 10.6. The van der Waals surface area contributed by atoms with E-state index in [0.717, 1.165) is 25.1 Å². The highest BCUT2D eigenvalue weighted by molar-refractivity contribution is 5.35. The first-order chi connectivity index (χ1) is 8.39. The van der Waals surface area contributed by atoms with Crippen molar-refractivity contribution in [2.75, 3.05) is 13.1 Å². The number of aryl methyl sites for hydroxylation is 1. The van der Waals surface area contributed by atoms with E-state index >= 15 is 0 Å². The van der Waals surface area contributed by atoms with Gasteiger partial charge in [-0.05, 0) is 55.5 Å². The molecule has 0 bridgehead atoms. The summed E-state index contributed by atoms with van der Waals surface area (Å²) in [6.07, 6.45) is -3.26. The SMILES string of the molecule is Cc1cc(C2CCNCC2C)ccc1C(F)(F)F. The van der Waals surface area contributed by atoms with Crippen LogP contribution >= 0.6 is 0 Å². The molecule has 1 nitrogen and oxygen atoms in total. The molecule has 1 aliphatic rings. The van der Waals surface area contributed by atoms with Crippen LogP contribution in [0.1, 0.15) is 36.0 Å². The zero-order chi connectivity index (χ0) is 13.3. The van der Waals surface area contributed by atoms with Gasteiger partial charge in [-0.15, -0.1) is 0 Å². The summed E-state index contributed by atoms with van der Waals surface area (Å²) in [5.41, 5.74) is 0.841. The van der Waals surface area contributed by atoms with E-state index in [0.29, 0.717) is 17.4 Å². The largest absolute Gasteiger partial charge is 0.416 e. The van der Waals surface area contributed by atoms with Gasteiger partial charge in [-0.3, -0.25) is 0 Å². The first kappa shape index (κ1) is 13.4. The minimum atomic E-state index is -4.25. The fourth-order valence-electron chi connectivity index (χ4n) is 2.74. The number of halogens is 3. The van der Waals surface area contributed by atoms with Gasteiger partial charge in [0.25, 0.3) is 0 Å². The highest BCUT2D eigenvalue weighted by Gasteiger charge is 2.33. The van der Waals surface area contributed by atoms with E-state index < -0.39 is 11.7 Å². The molecular formula is C14H18F3N. The lowest BCUT2D eigenvalue weighted by Gasteiger charge is -2.30. The van der Waals surface area contributed by atoms with Crippen LogP contribution in [-0.2, 0) is 6.18 Å². The Labute approximate surface area is 105 Å². The molecule has 2 rings (SSSR count). The van der Waals surface area contributed by atoms with Crippen LogP contribution in [0.25, 0.3) is 0 Å². The van der Waals surface area contributed by atoms with Crippen molar-refractivity contribution in [1.82, 2.24) is 5.32 Å². The predicted octanol–water partition coefficient (Wildman–Crippen LogP) is 3.73. The molecule has 18 heavy (non-hydrogen) atoms. The predicted molar refractivity (Wildman–Crippen MR) is 65.6 cm³/mol. The molecule has 1 fully saturated rings. The van der Waals surface area contributed by atoms with Gasteiger partial charge in [0.2, 0.25) is 0 Å². The minimum absolute atomic E-state index is 0.325. The Kier molecular flexibility index (Phi) is 3.66. The van der Waals surface area contributed by atoms with Crippen molar-refractivity contribution >= 4 is 0 Å². The Balaban J connectivity index is 2.28. The number of piperidine rings is 1. The monoisotopic (exact) mass is 257 g/mol. The Morgan fingerprint density at radius 2 is 2.00 bits per heavy atom. The third kappa shape index (κ3) is 2.69. The normalized spacial score (nSPS) is 25.2. The molecule has 0 saturated carbocycles. The van der Waals surface area contributed by atoms with Gasteiger partial charge in [0.05, 0.1) is 5.56 Å². The summed E-state index contributed by atoms with van der Waals surface area (Å²) >= 11 is 0. The van der Waals surface area contributed by atoms with Crippen molar-refractivity contribution in [2.24, 2.45) is 5.92 Å². The molecule has 0 amide bonds. The van der Waals surface area contributed by atoms with Crippen molar-refractivity contribution in [3.05, 3.63) is 34.9 Å². The van der Waals surface area contributed by atoms with E-state index in [1.165, 1.54) is 13.0 Å². The maximum Gasteiger partial charge on any atom is 0.416 e. The van der Waals surface area contributed by atoms with Gasteiger partial charge in [0.1, 0.15) is 0 Å². The van der Waals surface area contributed by atoms with E-state index in [2.05, 4.69) is 12.2 Å². The third-order valence-electron chi connectivity index (χ3n) is 3.77. The van der Waals surface area contributed by atoms with Gasteiger partial charge in [0, 0.05) is 0 Å². The first-order valence-electron chi connectivity index (χ1n) is 6.28. The summed E-state index contributed by atoms with van der Waals surface area (Å²) in [5, 5.41) is 3.30. The van der Waals surface area contributed by atoms with Crippen LogP contribution in [-0.4, -0.2) is 13.1 Å². The molecule has 1 saturated heterocycles. The molecule has 1 aliphatic heterocycles. The highest BCUT2D eigenvalue weighted by atomic mass is 19.4. The summed E-state index contributed by atoms with van der Waals surface area (Å²) < 4.78 is 38.1. The molecule has 0 aromatic heterocycles. The number of benzene rings is 1. The van der Waals surface area contributed by atoms with E-state index in [-0.39, 0.29) is 0 Å². The van der Waals surface area contributed by atoms with Crippen LogP contribution in [0.15, 0.2) is 18.2 Å². The van der Waals surface area contributed by atoms with Crippen molar-refractivity contribution in [1.29, 1.82) is 0 Å². The molecule has 1 aromatic carbocycles. The summed E-state index contributed by atoms with van der Waals surface area (Å²) in [7, 11) is 0.